The van der Waals surface area contributed by atoms with E-state index in [1.807, 2.05) is 25.6 Å². The van der Waals surface area contributed by atoms with Crippen molar-refractivity contribution in [3.63, 3.8) is 0 Å². The Balaban J connectivity index is 1.95. The van der Waals surface area contributed by atoms with Crippen molar-refractivity contribution < 1.29 is 4.52 Å². The van der Waals surface area contributed by atoms with E-state index in [4.69, 9.17) is 10.3 Å². The molecule has 0 atom stereocenters. The largest absolute Gasteiger partial charge is 0.333 e. The molecular weight excluding hydrogens is 266 g/mol. The van der Waals surface area contributed by atoms with Gasteiger partial charge in [-0.25, -0.2) is 0 Å². The summed E-state index contributed by atoms with van der Waals surface area (Å²) in [6, 6.07) is 2.17. The van der Waals surface area contributed by atoms with Crippen LogP contribution in [0.3, 0.4) is 0 Å². The van der Waals surface area contributed by atoms with E-state index in [0.29, 0.717) is 11.7 Å². The van der Waals surface area contributed by atoms with Gasteiger partial charge in [-0.05, 0) is 37.7 Å². The number of nitrogens with zero attached hydrogens (tertiary/aromatic N) is 2. The normalized spacial score (nSPS) is 15.7. The maximum atomic E-state index is 5.96. The second-order valence-electron chi connectivity index (χ2n) is 5.01. The van der Waals surface area contributed by atoms with E-state index in [-0.39, 0.29) is 0 Å². The van der Waals surface area contributed by atoms with Gasteiger partial charge in [0.2, 0.25) is 0 Å². The van der Waals surface area contributed by atoms with Crippen LogP contribution in [0.25, 0.3) is 10.8 Å². The van der Waals surface area contributed by atoms with Crippen molar-refractivity contribution in [3.05, 3.63) is 22.3 Å². The summed E-state index contributed by atoms with van der Waals surface area (Å²) < 4.78 is 5.32. The standard InChI is InChI=1S/C12H15N3OS2/c1-12(2,13)11-14-10(16-15-11)9-5-7-6-17-4-3-8(7)18-9/h5H,3-4,6,13H2,1-2H3. The SMILES string of the molecule is CC(C)(N)c1noc(-c2cc3c(s2)CCSC3)n1. The minimum absolute atomic E-state index is 0.554. The zero-order valence-corrected chi connectivity index (χ0v) is 12.0. The minimum atomic E-state index is -0.561. The Hall–Kier alpha value is -0.850. The molecule has 0 bridgehead atoms. The van der Waals surface area contributed by atoms with Crippen LogP contribution in [0.4, 0.5) is 0 Å². The fraction of sp³-hybridized carbons (Fsp3) is 0.500. The lowest BCUT2D eigenvalue weighted by Crippen LogP contribution is -2.30. The smallest absolute Gasteiger partial charge is 0.268 e. The lowest BCUT2D eigenvalue weighted by atomic mass is 10.1. The number of nitrogens with two attached hydrogens (primary N) is 1. The Morgan fingerprint density at radius 1 is 1.44 bits per heavy atom. The maximum Gasteiger partial charge on any atom is 0.268 e. The first-order valence-corrected chi connectivity index (χ1v) is 7.84. The van der Waals surface area contributed by atoms with Gasteiger partial charge in [0, 0.05) is 10.6 Å². The summed E-state index contributed by atoms with van der Waals surface area (Å²) in [5, 5.41) is 3.96. The van der Waals surface area contributed by atoms with E-state index in [2.05, 4.69) is 16.2 Å². The molecule has 1 aliphatic rings. The van der Waals surface area contributed by atoms with Crippen LogP contribution in [0.1, 0.15) is 30.1 Å². The number of aryl methyl sites for hydroxylation is 1. The molecule has 2 aromatic rings. The molecule has 0 aromatic carbocycles. The third kappa shape index (κ3) is 2.20. The van der Waals surface area contributed by atoms with E-state index in [0.717, 1.165) is 17.1 Å². The summed E-state index contributed by atoms with van der Waals surface area (Å²) in [4.78, 5) is 6.91. The van der Waals surface area contributed by atoms with Crippen LogP contribution >= 0.6 is 23.1 Å². The molecule has 0 radical (unpaired) electrons. The Bertz CT molecular complexity index is 545. The molecule has 6 heteroatoms. The van der Waals surface area contributed by atoms with E-state index >= 15 is 0 Å². The van der Waals surface area contributed by atoms with E-state index < -0.39 is 5.54 Å². The molecule has 0 fully saturated rings. The molecule has 0 unspecified atom stereocenters. The van der Waals surface area contributed by atoms with Crippen molar-refractivity contribution in [1.29, 1.82) is 0 Å². The summed E-state index contributed by atoms with van der Waals surface area (Å²) in [6.07, 6.45) is 1.15. The fourth-order valence-corrected chi connectivity index (χ4v) is 4.13. The van der Waals surface area contributed by atoms with Crippen LogP contribution in [0.2, 0.25) is 0 Å². The van der Waals surface area contributed by atoms with Crippen LogP contribution in [-0.2, 0) is 17.7 Å². The molecule has 2 N–H and O–H groups in total. The first kappa shape index (κ1) is 12.2. The Kier molecular flexibility index (Phi) is 2.96. The molecule has 0 aliphatic carbocycles. The molecular formula is C12H15N3OS2. The second-order valence-corrected chi connectivity index (χ2v) is 7.25. The van der Waals surface area contributed by atoms with Crippen LogP contribution in [0.15, 0.2) is 10.6 Å². The zero-order valence-electron chi connectivity index (χ0n) is 10.4. The van der Waals surface area contributed by atoms with Gasteiger partial charge < -0.3 is 10.3 Å². The first-order chi connectivity index (χ1) is 8.54. The summed E-state index contributed by atoms with van der Waals surface area (Å²) in [5.41, 5.74) is 6.81. The highest BCUT2D eigenvalue weighted by atomic mass is 32.2. The molecule has 0 amide bonds. The van der Waals surface area contributed by atoms with E-state index in [1.54, 1.807) is 11.3 Å². The summed E-state index contributed by atoms with van der Waals surface area (Å²) in [6.45, 7) is 3.75. The van der Waals surface area contributed by atoms with Gasteiger partial charge >= 0.3 is 0 Å². The molecule has 0 saturated carbocycles. The van der Waals surface area contributed by atoms with Gasteiger partial charge in [-0.15, -0.1) is 11.3 Å². The molecule has 2 aromatic heterocycles. The van der Waals surface area contributed by atoms with Gasteiger partial charge in [0.1, 0.15) is 0 Å². The number of hydrogen-bond donors (Lipinski definition) is 1. The van der Waals surface area contributed by atoms with E-state index in [9.17, 15) is 0 Å². The lowest BCUT2D eigenvalue weighted by molar-refractivity contribution is 0.397. The van der Waals surface area contributed by atoms with Gasteiger partial charge in [0.05, 0.1) is 10.4 Å². The highest BCUT2D eigenvalue weighted by Gasteiger charge is 2.23. The summed E-state index contributed by atoms with van der Waals surface area (Å²) >= 11 is 3.74. The van der Waals surface area contributed by atoms with Crippen molar-refractivity contribution in [3.8, 4) is 10.8 Å². The number of thiophene rings is 1. The van der Waals surface area contributed by atoms with Crippen molar-refractivity contribution in [2.24, 2.45) is 5.73 Å². The van der Waals surface area contributed by atoms with Crippen molar-refractivity contribution >= 4 is 23.1 Å². The Morgan fingerprint density at radius 3 is 2.94 bits per heavy atom. The summed E-state index contributed by atoms with van der Waals surface area (Å²) in [7, 11) is 0. The quantitative estimate of drug-likeness (QED) is 0.917. The maximum absolute atomic E-state index is 5.96. The Labute approximate surface area is 114 Å². The lowest BCUT2D eigenvalue weighted by Gasteiger charge is -2.11. The third-order valence-electron chi connectivity index (χ3n) is 2.84. The van der Waals surface area contributed by atoms with Crippen LogP contribution in [-0.4, -0.2) is 15.9 Å². The molecule has 3 heterocycles. The third-order valence-corrected chi connectivity index (χ3v) is 5.07. The molecule has 1 aliphatic heterocycles. The van der Waals surface area contributed by atoms with Gasteiger partial charge in [-0.2, -0.15) is 16.7 Å². The van der Waals surface area contributed by atoms with Crippen molar-refractivity contribution in [2.75, 3.05) is 5.75 Å². The highest BCUT2D eigenvalue weighted by molar-refractivity contribution is 7.98. The molecule has 18 heavy (non-hydrogen) atoms. The van der Waals surface area contributed by atoms with Crippen molar-refractivity contribution in [2.45, 2.75) is 31.6 Å². The molecule has 3 rings (SSSR count). The van der Waals surface area contributed by atoms with Gasteiger partial charge in [-0.3, -0.25) is 0 Å². The zero-order chi connectivity index (χ0) is 12.8. The highest BCUT2D eigenvalue weighted by Crippen LogP contribution is 2.36. The van der Waals surface area contributed by atoms with Gasteiger partial charge in [0.15, 0.2) is 5.82 Å². The minimum Gasteiger partial charge on any atom is -0.333 e. The molecule has 0 saturated heterocycles. The van der Waals surface area contributed by atoms with Crippen LogP contribution in [0.5, 0.6) is 0 Å². The number of fused-ring (bicyclic) bond motifs is 1. The molecule has 4 nitrogen and oxygen atoms in total. The Morgan fingerprint density at radius 2 is 2.28 bits per heavy atom. The number of rotatable bonds is 2. The van der Waals surface area contributed by atoms with E-state index in [1.165, 1.54) is 16.2 Å². The number of aromatic nitrogens is 2. The second kappa shape index (κ2) is 4.36. The van der Waals surface area contributed by atoms with Crippen molar-refractivity contribution in [1.82, 2.24) is 10.1 Å². The first-order valence-electron chi connectivity index (χ1n) is 5.87. The molecule has 96 valence electrons. The number of thioether (sulfide) groups is 1. The predicted molar refractivity (Wildman–Crippen MR) is 74.7 cm³/mol. The topological polar surface area (TPSA) is 64.9 Å². The monoisotopic (exact) mass is 281 g/mol. The molecule has 0 spiro atoms. The number of hydrogen-bond acceptors (Lipinski definition) is 6. The van der Waals surface area contributed by atoms with Gasteiger partial charge in [0.25, 0.3) is 5.89 Å². The van der Waals surface area contributed by atoms with Crippen LogP contribution < -0.4 is 5.73 Å². The summed E-state index contributed by atoms with van der Waals surface area (Å²) in [5.74, 6) is 3.44. The van der Waals surface area contributed by atoms with Gasteiger partial charge in [-0.1, -0.05) is 5.16 Å². The average Bonchev–Trinajstić information content (AvgIpc) is 2.94. The predicted octanol–water partition coefficient (Wildman–Crippen LogP) is 2.78. The van der Waals surface area contributed by atoms with Crippen LogP contribution in [0, 0.1) is 0 Å². The average molecular weight is 281 g/mol. The fourth-order valence-electron chi connectivity index (χ4n) is 1.84.